The van der Waals surface area contributed by atoms with Crippen molar-refractivity contribution in [2.24, 2.45) is 10.9 Å². The molecule has 1 atom stereocenters. The molecule has 1 aromatic carbocycles. The van der Waals surface area contributed by atoms with Crippen LogP contribution in [0.5, 0.6) is 0 Å². The summed E-state index contributed by atoms with van der Waals surface area (Å²) in [5.41, 5.74) is 5.87. The molecule has 1 fully saturated rings. The fourth-order valence-electron chi connectivity index (χ4n) is 2.42. The van der Waals surface area contributed by atoms with Gasteiger partial charge >= 0.3 is 0 Å². The quantitative estimate of drug-likeness (QED) is 0.377. The molecule has 1 aliphatic heterocycles. The van der Waals surface area contributed by atoms with Crippen LogP contribution in [0.1, 0.15) is 18.4 Å². The zero-order valence-electron chi connectivity index (χ0n) is 11.0. The van der Waals surface area contributed by atoms with Crippen molar-refractivity contribution >= 4 is 15.9 Å². The third-order valence-electron chi connectivity index (χ3n) is 3.38. The number of halogens is 1. The number of rotatable bonds is 3. The first kappa shape index (κ1) is 14.7. The highest BCUT2D eigenvalue weighted by atomic mass is 32.2. The maximum atomic E-state index is 13.1. The van der Waals surface area contributed by atoms with Gasteiger partial charge in [-0.05, 0) is 43.5 Å². The molecule has 8 heteroatoms. The van der Waals surface area contributed by atoms with Crippen LogP contribution >= 0.6 is 0 Å². The molecule has 1 saturated heterocycles. The molecule has 0 aromatic heterocycles. The monoisotopic (exact) mass is 301 g/mol. The van der Waals surface area contributed by atoms with E-state index in [0.29, 0.717) is 24.9 Å². The third kappa shape index (κ3) is 2.48. The minimum Gasteiger partial charge on any atom is -0.409 e. The van der Waals surface area contributed by atoms with Gasteiger partial charge in [0, 0.05) is 6.54 Å². The number of oxime groups is 1. The second-order valence-corrected chi connectivity index (χ2v) is 6.57. The highest BCUT2D eigenvalue weighted by Gasteiger charge is 2.38. The lowest BCUT2D eigenvalue weighted by atomic mass is 10.2. The molecule has 0 spiro atoms. The van der Waals surface area contributed by atoms with Gasteiger partial charge in [-0.2, -0.15) is 4.31 Å². The van der Waals surface area contributed by atoms with E-state index in [-0.39, 0.29) is 10.7 Å². The summed E-state index contributed by atoms with van der Waals surface area (Å²) in [5, 5.41) is 11.6. The summed E-state index contributed by atoms with van der Waals surface area (Å²) < 4.78 is 39.5. The fourth-order valence-corrected chi connectivity index (χ4v) is 4.29. The van der Waals surface area contributed by atoms with Gasteiger partial charge in [0.2, 0.25) is 10.0 Å². The van der Waals surface area contributed by atoms with Crippen LogP contribution in [0, 0.1) is 12.7 Å². The van der Waals surface area contributed by atoms with E-state index < -0.39 is 21.9 Å². The van der Waals surface area contributed by atoms with Crippen LogP contribution in [0.15, 0.2) is 28.3 Å². The van der Waals surface area contributed by atoms with Crippen LogP contribution in [0.3, 0.4) is 0 Å². The summed E-state index contributed by atoms with van der Waals surface area (Å²) >= 11 is 0. The van der Waals surface area contributed by atoms with Gasteiger partial charge in [-0.1, -0.05) is 5.16 Å². The van der Waals surface area contributed by atoms with Crippen LogP contribution < -0.4 is 5.73 Å². The number of hydrogen-bond donors (Lipinski definition) is 2. The second-order valence-electron chi connectivity index (χ2n) is 4.71. The molecule has 0 radical (unpaired) electrons. The van der Waals surface area contributed by atoms with Crippen LogP contribution in [0.25, 0.3) is 0 Å². The Bertz CT molecular complexity index is 645. The summed E-state index contributed by atoms with van der Waals surface area (Å²) in [4.78, 5) is 0.0385. The molecule has 6 nitrogen and oxygen atoms in total. The van der Waals surface area contributed by atoms with Crippen molar-refractivity contribution in [1.29, 1.82) is 0 Å². The van der Waals surface area contributed by atoms with Gasteiger partial charge in [0.1, 0.15) is 5.82 Å². The summed E-state index contributed by atoms with van der Waals surface area (Å²) in [6.07, 6.45) is 1.12. The number of nitrogens with two attached hydrogens (primary N) is 1. The zero-order valence-corrected chi connectivity index (χ0v) is 11.8. The molecule has 0 saturated carbocycles. The van der Waals surface area contributed by atoms with Crippen molar-refractivity contribution in [3.05, 3.63) is 29.6 Å². The highest BCUT2D eigenvalue weighted by molar-refractivity contribution is 7.89. The molecule has 3 N–H and O–H groups in total. The topological polar surface area (TPSA) is 96.0 Å². The van der Waals surface area contributed by atoms with Crippen molar-refractivity contribution in [3.63, 3.8) is 0 Å². The van der Waals surface area contributed by atoms with Crippen molar-refractivity contribution in [2.75, 3.05) is 6.54 Å². The first-order chi connectivity index (χ1) is 9.37. The lowest BCUT2D eigenvalue weighted by Gasteiger charge is -2.23. The number of aryl methyl sites for hydroxylation is 1. The maximum Gasteiger partial charge on any atom is 0.244 e. The first-order valence-corrected chi connectivity index (χ1v) is 7.57. The van der Waals surface area contributed by atoms with E-state index in [1.807, 2.05) is 0 Å². The molecule has 0 bridgehead atoms. The molecular weight excluding hydrogens is 285 g/mol. The van der Waals surface area contributed by atoms with Crippen LogP contribution in [0.2, 0.25) is 0 Å². The molecule has 1 heterocycles. The molecule has 0 amide bonds. The summed E-state index contributed by atoms with van der Waals surface area (Å²) in [7, 11) is -3.80. The first-order valence-electron chi connectivity index (χ1n) is 6.13. The molecule has 1 aliphatic rings. The number of sulfonamides is 1. The number of nitrogens with zero attached hydrogens (tertiary/aromatic N) is 2. The van der Waals surface area contributed by atoms with Crippen molar-refractivity contribution in [3.8, 4) is 0 Å². The van der Waals surface area contributed by atoms with Crippen LogP contribution in [-0.4, -0.2) is 36.4 Å². The number of hydrogen-bond acceptors (Lipinski definition) is 4. The lowest BCUT2D eigenvalue weighted by molar-refractivity contribution is 0.311. The minimum atomic E-state index is -3.80. The van der Waals surface area contributed by atoms with E-state index in [1.165, 1.54) is 23.4 Å². The molecule has 110 valence electrons. The average Bonchev–Trinajstić information content (AvgIpc) is 2.87. The standard InChI is InChI=1S/C12H16FN3O3S/c1-8-7-9(13)4-5-11(8)20(18,19)16-6-2-3-10(16)12(14)15-17/h4-5,7,10,17H,2-3,6H2,1H3,(H2,14,15). The maximum absolute atomic E-state index is 13.1. The van der Waals surface area contributed by atoms with Crippen LogP contribution in [0.4, 0.5) is 4.39 Å². The Hall–Kier alpha value is -1.67. The van der Waals surface area contributed by atoms with E-state index in [4.69, 9.17) is 10.9 Å². The predicted molar refractivity (Wildman–Crippen MR) is 71.5 cm³/mol. The third-order valence-corrected chi connectivity index (χ3v) is 5.45. The Balaban J connectivity index is 2.44. The van der Waals surface area contributed by atoms with Gasteiger partial charge in [-0.3, -0.25) is 0 Å². The molecular formula is C12H16FN3O3S. The highest BCUT2D eigenvalue weighted by Crippen LogP contribution is 2.28. The molecule has 0 aliphatic carbocycles. The second kappa shape index (κ2) is 5.37. The van der Waals surface area contributed by atoms with Gasteiger partial charge in [0.15, 0.2) is 5.84 Å². The molecule has 20 heavy (non-hydrogen) atoms. The van der Waals surface area contributed by atoms with Gasteiger partial charge < -0.3 is 10.9 Å². The average molecular weight is 301 g/mol. The normalized spacial score (nSPS) is 21.3. The molecule has 2 rings (SSSR count). The van der Waals surface area contributed by atoms with Gasteiger partial charge in [-0.15, -0.1) is 0 Å². The van der Waals surface area contributed by atoms with Gasteiger partial charge in [0.25, 0.3) is 0 Å². The Morgan fingerprint density at radius 2 is 2.25 bits per heavy atom. The minimum absolute atomic E-state index is 0.0385. The van der Waals surface area contributed by atoms with E-state index in [9.17, 15) is 12.8 Å². The summed E-state index contributed by atoms with van der Waals surface area (Å²) in [6.45, 7) is 1.82. The largest absolute Gasteiger partial charge is 0.409 e. The summed E-state index contributed by atoms with van der Waals surface area (Å²) in [5.74, 6) is -0.623. The number of benzene rings is 1. The Morgan fingerprint density at radius 1 is 1.55 bits per heavy atom. The Morgan fingerprint density at radius 3 is 2.85 bits per heavy atom. The van der Waals surface area contributed by atoms with Gasteiger partial charge in [0.05, 0.1) is 10.9 Å². The Kier molecular flexibility index (Phi) is 3.96. The zero-order chi connectivity index (χ0) is 14.9. The van der Waals surface area contributed by atoms with E-state index >= 15 is 0 Å². The van der Waals surface area contributed by atoms with E-state index in [1.54, 1.807) is 0 Å². The number of amidine groups is 1. The lowest BCUT2D eigenvalue weighted by Crippen LogP contribution is -2.43. The van der Waals surface area contributed by atoms with E-state index in [0.717, 1.165) is 6.07 Å². The SMILES string of the molecule is Cc1cc(F)ccc1S(=O)(=O)N1CCCC1C(N)=NO. The summed E-state index contributed by atoms with van der Waals surface area (Å²) in [6, 6.07) is 2.85. The predicted octanol–water partition coefficient (Wildman–Crippen LogP) is 1.03. The molecule has 1 unspecified atom stereocenters. The molecule has 1 aromatic rings. The van der Waals surface area contributed by atoms with Crippen molar-refractivity contribution < 1.29 is 18.0 Å². The van der Waals surface area contributed by atoms with Gasteiger partial charge in [-0.25, -0.2) is 12.8 Å². The van der Waals surface area contributed by atoms with Crippen molar-refractivity contribution in [1.82, 2.24) is 4.31 Å². The van der Waals surface area contributed by atoms with Crippen molar-refractivity contribution in [2.45, 2.75) is 30.7 Å². The fraction of sp³-hybridized carbons (Fsp3) is 0.417. The smallest absolute Gasteiger partial charge is 0.244 e. The van der Waals surface area contributed by atoms with Crippen LogP contribution in [-0.2, 0) is 10.0 Å². The Labute approximate surface area is 116 Å². The van der Waals surface area contributed by atoms with E-state index in [2.05, 4.69) is 5.16 Å².